The van der Waals surface area contributed by atoms with Crippen molar-refractivity contribution in [3.05, 3.63) is 29.6 Å². The number of thioether (sulfide) groups is 1. The SMILES string of the molecule is CCCNC(C)c1c(F)cccc1SCCCOC. The number of rotatable bonds is 9. The van der Waals surface area contributed by atoms with Crippen LogP contribution in [-0.2, 0) is 4.74 Å². The number of methoxy groups -OCH3 is 1. The van der Waals surface area contributed by atoms with E-state index in [1.54, 1.807) is 31.0 Å². The van der Waals surface area contributed by atoms with E-state index in [1.807, 2.05) is 13.0 Å². The summed E-state index contributed by atoms with van der Waals surface area (Å²) in [6.45, 7) is 5.79. The van der Waals surface area contributed by atoms with E-state index in [-0.39, 0.29) is 11.9 Å². The summed E-state index contributed by atoms with van der Waals surface area (Å²) in [5, 5.41) is 3.35. The maximum absolute atomic E-state index is 14.0. The molecule has 0 aliphatic rings. The molecule has 0 saturated heterocycles. The quantitative estimate of drug-likeness (QED) is 0.547. The Bertz CT molecular complexity index is 373. The fraction of sp³-hybridized carbons (Fsp3) is 0.600. The summed E-state index contributed by atoms with van der Waals surface area (Å²) >= 11 is 1.70. The van der Waals surface area contributed by atoms with Crippen molar-refractivity contribution in [2.24, 2.45) is 0 Å². The molecule has 0 saturated carbocycles. The summed E-state index contributed by atoms with van der Waals surface area (Å²) in [7, 11) is 1.70. The van der Waals surface area contributed by atoms with Crippen LogP contribution in [0.2, 0.25) is 0 Å². The Morgan fingerprint density at radius 1 is 1.42 bits per heavy atom. The van der Waals surface area contributed by atoms with Crippen LogP contribution in [-0.4, -0.2) is 26.0 Å². The molecule has 1 aromatic rings. The fourth-order valence-corrected chi connectivity index (χ4v) is 3.00. The lowest BCUT2D eigenvalue weighted by atomic mass is 10.1. The molecule has 4 heteroatoms. The van der Waals surface area contributed by atoms with Crippen molar-refractivity contribution in [1.82, 2.24) is 5.32 Å². The third-order valence-electron chi connectivity index (χ3n) is 2.90. The number of hydrogen-bond donors (Lipinski definition) is 1. The number of ether oxygens (including phenoxy) is 1. The van der Waals surface area contributed by atoms with Gasteiger partial charge in [-0.1, -0.05) is 13.0 Å². The van der Waals surface area contributed by atoms with Gasteiger partial charge in [0.05, 0.1) is 0 Å². The van der Waals surface area contributed by atoms with Gasteiger partial charge in [0.1, 0.15) is 5.82 Å². The molecule has 0 aliphatic carbocycles. The maximum Gasteiger partial charge on any atom is 0.129 e. The van der Waals surface area contributed by atoms with E-state index in [9.17, 15) is 4.39 Å². The Morgan fingerprint density at radius 2 is 2.21 bits per heavy atom. The highest BCUT2D eigenvalue weighted by Gasteiger charge is 2.15. The molecule has 1 aromatic carbocycles. The normalized spacial score (nSPS) is 12.6. The first kappa shape index (κ1) is 16.5. The molecular formula is C15H24FNOS. The Labute approximate surface area is 120 Å². The number of halogens is 1. The smallest absolute Gasteiger partial charge is 0.129 e. The van der Waals surface area contributed by atoms with Crippen LogP contribution in [0.3, 0.4) is 0 Å². The van der Waals surface area contributed by atoms with E-state index >= 15 is 0 Å². The molecule has 0 radical (unpaired) electrons. The Hall–Kier alpha value is -0.580. The van der Waals surface area contributed by atoms with Gasteiger partial charge >= 0.3 is 0 Å². The number of hydrogen-bond acceptors (Lipinski definition) is 3. The highest BCUT2D eigenvalue weighted by Crippen LogP contribution is 2.30. The average molecular weight is 285 g/mol. The molecule has 1 unspecified atom stereocenters. The third kappa shape index (κ3) is 5.51. The largest absolute Gasteiger partial charge is 0.385 e. The zero-order valence-electron chi connectivity index (χ0n) is 12.0. The van der Waals surface area contributed by atoms with Gasteiger partial charge in [0.15, 0.2) is 0 Å². The molecule has 0 bridgehead atoms. The molecule has 0 amide bonds. The van der Waals surface area contributed by atoms with Gasteiger partial charge in [0.2, 0.25) is 0 Å². The molecule has 1 N–H and O–H groups in total. The minimum atomic E-state index is -0.118. The van der Waals surface area contributed by atoms with Crippen molar-refractivity contribution >= 4 is 11.8 Å². The van der Waals surface area contributed by atoms with Crippen molar-refractivity contribution in [1.29, 1.82) is 0 Å². The van der Waals surface area contributed by atoms with Gasteiger partial charge in [-0.3, -0.25) is 0 Å². The van der Waals surface area contributed by atoms with E-state index in [1.165, 1.54) is 0 Å². The second kappa shape index (κ2) is 9.34. The molecule has 0 fully saturated rings. The molecule has 0 aromatic heterocycles. The molecule has 2 nitrogen and oxygen atoms in total. The minimum Gasteiger partial charge on any atom is -0.385 e. The van der Waals surface area contributed by atoms with Gasteiger partial charge in [0.25, 0.3) is 0 Å². The van der Waals surface area contributed by atoms with Crippen molar-refractivity contribution in [3.63, 3.8) is 0 Å². The van der Waals surface area contributed by atoms with E-state index in [4.69, 9.17) is 4.74 Å². The van der Waals surface area contributed by atoms with E-state index in [2.05, 4.69) is 12.2 Å². The minimum absolute atomic E-state index is 0.0473. The van der Waals surface area contributed by atoms with Crippen molar-refractivity contribution in [2.75, 3.05) is 26.0 Å². The molecule has 0 aliphatic heterocycles. The average Bonchev–Trinajstić information content (AvgIpc) is 2.41. The lowest BCUT2D eigenvalue weighted by Gasteiger charge is -2.18. The summed E-state index contributed by atoms with van der Waals surface area (Å²) in [5.41, 5.74) is 0.790. The third-order valence-corrected chi connectivity index (χ3v) is 4.06. The van der Waals surface area contributed by atoms with Crippen molar-refractivity contribution < 1.29 is 9.13 Å². The molecule has 108 valence electrons. The molecule has 0 heterocycles. The van der Waals surface area contributed by atoms with Gasteiger partial charge in [0, 0.05) is 36.0 Å². The first-order valence-corrected chi connectivity index (χ1v) is 7.82. The summed E-state index contributed by atoms with van der Waals surface area (Å²) in [5.74, 6) is 0.831. The van der Waals surface area contributed by atoms with Crippen LogP contribution in [0.1, 0.15) is 38.3 Å². The van der Waals surface area contributed by atoms with E-state index in [0.717, 1.165) is 42.2 Å². The van der Waals surface area contributed by atoms with Crippen LogP contribution < -0.4 is 5.32 Å². The topological polar surface area (TPSA) is 21.3 Å². The molecule has 1 atom stereocenters. The summed E-state index contributed by atoms with van der Waals surface area (Å²) in [6.07, 6.45) is 2.03. The highest BCUT2D eigenvalue weighted by molar-refractivity contribution is 7.99. The Morgan fingerprint density at radius 3 is 2.89 bits per heavy atom. The predicted octanol–water partition coefficient (Wildman–Crippen LogP) is 4.01. The van der Waals surface area contributed by atoms with E-state index < -0.39 is 0 Å². The second-order valence-electron chi connectivity index (χ2n) is 4.52. The lowest BCUT2D eigenvalue weighted by molar-refractivity contribution is 0.200. The van der Waals surface area contributed by atoms with Gasteiger partial charge in [-0.05, 0) is 38.4 Å². The highest BCUT2D eigenvalue weighted by atomic mass is 32.2. The van der Waals surface area contributed by atoms with Crippen molar-refractivity contribution in [2.45, 2.75) is 37.6 Å². The van der Waals surface area contributed by atoms with Gasteiger partial charge in [-0.2, -0.15) is 0 Å². The molecule has 19 heavy (non-hydrogen) atoms. The summed E-state index contributed by atoms with van der Waals surface area (Å²) in [4.78, 5) is 1.03. The van der Waals surface area contributed by atoms with Gasteiger partial charge in [-0.15, -0.1) is 11.8 Å². The second-order valence-corrected chi connectivity index (χ2v) is 5.66. The zero-order valence-corrected chi connectivity index (χ0v) is 12.9. The van der Waals surface area contributed by atoms with Crippen LogP contribution in [0.25, 0.3) is 0 Å². The first-order valence-electron chi connectivity index (χ1n) is 6.84. The Balaban J connectivity index is 2.71. The molecule has 1 rings (SSSR count). The maximum atomic E-state index is 14.0. The molecular weight excluding hydrogens is 261 g/mol. The fourth-order valence-electron chi connectivity index (χ4n) is 1.91. The van der Waals surface area contributed by atoms with Crippen LogP contribution in [0.15, 0.2) is 23.1 Å². The van der Waals surface area contributed by atoms with Crippen LogP contribution in [0, 0.1) is 5.82 Å². The number of benzene rings is 1. The van der Waals surface area contributed by atoms with Crippen LogP contribution >= 0.6 is 11.8 Å². The van der Waals surface area contributed by atoms with E-state index in [0.29, 0.717) is 0 Å². The molecule has 0 spiro atoms. The van der Waals surface area contributed by atoms with Crippen molar-refractivity contribution in [3.8, 4) is 0 Å². The first-order chi connectivity index (χ1) is 9.20. The standard InChI is InChI=1S/C15H24FNOS/c1-4-9-17-12(2)15-13(16)7-5-8-14(15)19-11-6-10-18-3/h5,7-8,12,17H,4,6,9-11H2,1-3H3. The lowest BCUT2D eigenvalue weighted by Crippen LogP contribution is -2.21. The monoisotopic (exact) mass is 285 g/mol. The van der Waals surface area contributed by atoms with Gasteiger partial charge < -0.3 is 10.1 Å². The number of nitrogens with one attached hydrogen (secondary N) is 1. The summed E-state index contributed by atoms with van der Waals surface area (Å²) in [6, 6.07) is 5.37. The van der Waals surface area contributed by atoms with Crippen LogP contribution in [0.4, 0.5) is 4.39 Å². The van der Waals surface area contributed by atoms with Gasteiger partial charge in [-0.25, -0.2) is 4.39 Å². The Kier molecular flexibility index (Phi) is 8.10. The zero-order chi connectivity index (χ0) is 14.1. The predicted molar refractivity (Wildman–Crippen MR) is 80.3 cm³/mol. The summed E-state index contributed by atoms with van der Waals surface area (Å²) < 4.78 is 19.1. The van der Waals surface area contributed by atoms with Crippen LogP contribution in [0.5, 0.6) is 0 Å².